The van der Waals surface area contributed by atoms with E-state index in [9.17, 15) is 14.7 Å². The number of likely N-dealkylation sites (N-methyl/N-ethyl adjacent to an activating group) is 1. The fourth-order valence-electron chi connectivity index (χ4n) is 2.89. The summed E-state index contributed by atoms with van der Waals surface area (Å²) in [6, 6.07) is 6.37. The molecule has 1 aliphatic heterocycles. The number of amides is 2. The van der Waals surface area contributed by atoms with Crippen LogP contribution < -0.4 is 5.32 Å². The third-order valence-corrected chi connectivity index (χ3v) is 4.25. The Morgan fingerprint density at radius 1 is 1.38 bits per heavy atom. The number of anilines is 1. The molecule has 0 radical (unpaired) electrons. The largest absolute Gasteiger partial charge is 0.386 e. The van der Waals surface area contributed by atoms with Crippen molar-refractivity contribution in [1.29, 1.82) is 0 Å². The van der Waals surface area contributed by atoms with E-state index in [0.29, 0.717) is 17.8 Å². The number of hydrogen-bond donors (Lipinski definition) is 2. The number of ether oxygens (including phenoxy) is 1. The third kappa shape index (κ3) is 3.87. The van der Waals surface area contributed by atoms with Gasteiger partial charge in [-0.15, -0.1) is 0 Å². The van der Waals surface area contributed by atoms with E-state index >= 15 is 0 Å². The van der Waals surface area contributed by atoms with Gasteiger partial charge in [-0.25, -0.2) is 4.98 Å². The summed E-state index contributed by atoms with van der Waals surface area (Å²) in [4.78, 5) is 33.4. The molecule has 3 rings (SSSR count). The van der Waals surface area contributed by atoms with E-state index in [4.69, 9.17) is 4.74 Å². The van der Waals surface area contributed by atoms with E-state index in [0.717, 1.165) is 0 Å². The summed E-state index contributed by atoms with van der Waals surface area (Å²) in [5, 5.41) is 13.4. The molecule has 2 aromatic rings. The van der Waals surface area contributed by atoms with Gasteiger partial charge in [0, 0.05) is 24.6 Å². The van der Waals surface area contributed by atoms with Gasteiger partial charge < -0.3 is 20.1 Å². The van der Waals surface area contributed by atoms with Crippen LogP contribution in [0.4, 0.5) is 5.69 Å². The van der Waals surface area contributed by atoms with Crippen LogP contribution >= 0.6 is 0 Å². The highest BCUT2D eigenvalue weighted by Gasteiger charge is 2.33. The summed E-state index contributed by atoms with van der Waals surface area (Å²) in [7, 11) is 0. The molecular weight excluding hydrogens is 336 g/mol. The van der Waals surface area contributed by atoms with Gasteiger partial charge in [0.15, 0.2) is 0 Å². The number of carbonyl (C=O) groups excluding carboxylic acids is 2. The molecule has 1 fully saturated rings. The van der Waals surface area contributed by atoms with Gasteiger partial charge in [0.1, 0.15) is 18.4 Å². The fourth-order valence-corrected chi connectivity index (χ4v) is 2.89. The summed E-state index contributed by atoms with van der Waals surface area (Å²) in [6.07, 6.45) is 3.45. The first-order valence-corrected chi connectivity index (χ1v) is 8.32. The van der Waals surface area contributed by atoms with Crippen LogP contribution in [0.5, 0.6) is 0 Å². The molecule has 2 heterocycles. The summed E-state index contributed by atoms with van der Waals surface area (Å²) >= 11 is 0. The van der Waals surface area contributed by atoms with Crippen molar-refractivity contribution >= 4 is 17.5 Å². The zero-order chi connectivity index (χ0) is 18.5. The quantitative estimate of drug-likeness (QED) is 0.828. The van der Waals surface area contributed by atoms with Gasteiger partial charge in [0.2, 0.25) is 5.91 Å². The van der Waals surface area contributed by atoms with Gasteiger partial charge >= 0.3 is 0 Å². The van der Waals surface area contributed by atoms with Gasteiger partial charge in [-0.2, -0.15) is 0 Å². The van der Waals surface area contributed by atoms with E-state index in [2.05, 4.69) is 15.3 Å². The minimum atomic E-state index is -0.871. The smallest absolute Gasteiger partial charge is 0.275 e. The summed E-state index contributed by atoms with van der Waals surface area (Å²) < 4.78 is 5.27. The van der Waals surface area contributed by atoms with Crippen molar-refractivity contribution < 1.29 is 19.4 Å². The lowest BCUT2D eigenvalue weighted by Crippen LogP contribution is -2.51. The fraction of sp³-hybridized carbons (Fsp3) is 0.333. The molecule has 2 atom stereocenters. The Kier molecular flexibility index (Phi) is 5.55. The van der Waals surface area contributed by atoms with Crippen LogP contribution in [0, 0.1) is 0 Å². The molecule has 1 aliphatic rings. The van der Waals surface area contributed by atoms with Crippen molar-refractivity contribution in [3.05, 3.63) is 54.1 Å². The number of carbonyl (C=O) groups is 2. The molecule has 8 nitrogen and oxygen atoms in total. The second kappa shape index (κ2) is 8.03. The first-order chi connectivity index (χ1) is 12.6. The third-order valence-electron chi connectivity index (χ3n) is 4.25. The molecule has 2 N–H and O–H groups in total. The Labute approximate surface area is 150 Å². The summed E-state index contributed by atoms with van der Waals surface area (Å²) in [6.45, 7) is 2.71. The van der Waals surface area contributed by atoms with E-state index in [-0.39, 0.29) is 30.7 Å². The van der Waals surface area contributed by atoms with Crippen LogP contribution in [-0.4, -0.2) is 57.6 Å². The number of hydrogen-bond acceptors (Lipinski definition) is 6. The topological polar surface area (TPSA) is 105 Å². The zero-order valence-electron chi connectivity index (χ0n) is 14.3. The number of benzene rings is 1. The molecule has 0 spiro atoms. The van der Waals surface area contributed by atoms with Gasteiger partial charge in [-0.1, -0.05) is 12.1 Å². The highest BCUT2D eigenvalue weighted by atomic mass is 16.5. The zero-order valence-corrected chi connectivity index (χ0v) is 14.3. The number of aliphatic hydroxyl groups excluding tert-OH is 1. The first kappa shape index (κ1) is 18.0. The Balaban J connectivity index is 1.69. The van der Waals surface area contributed by atoms with Gasteiger partial charge in [-0.3, -0.25) is 14.6 Å². The van der Waals surface area contributed by atoms with E-state index in [1.54, 1.807) is 29.2 Å². The maximum Gasteiger partial charge on any atom is 0.275 e. The molecule has 1 aromatic carbocycles. The molecule has 2 amide bonds. The Morgan fingerprint density at radius 2 is 2.15 bits per heavy atom. The Bertz CT molecular complexity index is 767. The lowest BCUT2D eigenvalue weighted by Gasteiger charge is -2.37. The van der Waals surface area contributed by atoms with Crippen LogP contribution in [0.2, 0.25) is 0 Å². The van der Waals surface area contributed by atoms with Crippen molar-refractivity contribution in [3.63, 3.8) is 0 Å². The van der Waals surface area contributed by atoms with Crippen molar-refractivity contribution in [3.8, 4) is 0 Å². The number of aliphatic hydroxyl groups is 1. The van der Waals surface area contributed by atoms with Gasteiger partial charge in [0.25, 0.3) is 5.91 Å². The normalized spacial score (nSPS) is 18.5. The van der Waals surface area contributed by atoms with Crippen LogP contribution in [-0.2, 0) is 9.53 Å². The van der Waals surface area contributed by atoms with E-state index in [1.807, 2.05) is 6.92 Å². The molecule has 0 bridgehead atoms. The molecule has 0 saturated carbocycles. The average molecular weight is 356 g/mol. The standard InChI is InChI=1S/C18H20N4O4/c1-2-22-15(10-26-11-16(22)23)17(24)12-3-5-13(6-4-12)21-18(25)14-9-19-7-8-20-14/h3-9,15,17,24H,2,10-11H2,1H3,(H,21,25)/t15-,17-/m1/s1. The van der Waals surface area contributed by atoms with Crippen molar-refractivity contribution in [1.82, 2.24) is 14.9 Å². The molecule has 1 saturated heterocycles. The van der Waals surface area contributed by atoms with Crippen LogP contribution in [0.3, 0.4) is 0 Å². The molecule has 1 aromatic heterocycles. The summed E-state index contributed by atoms with van der Waals surface area (Å²) in [5.41, 5.74) is 1.43. The van der Waals surface area contributed by atoms with E-state index in [1.165, 1.54) is 18.6 Å². The molecule has 26 heavy (non-hydrogen) atoms. The lowest BCUT2D eigenvalue weighted by molar-refractivity contribution is -0.153. The second-order valence-corrected chi connectivity index (χ2v) is 5.87. The summed E-state index contributed by atoms with van der Waals surface area (Å²) in [5.74, 6) is -0.495. The molecule has 0 unspecified atom stereocenters. The van der Waals surface area contributed by atoms with Gasteiger partial charge in [0.05, 0.1) is 18.8 Å². The second-order valence-electron chi connectivity index (χ2n) is 5.87. The van der Waals surface area contributed by atoms with Gasteiger partial charge in [-0.05, 0) is 24.6 Å². The monoisotopic (exact) mass is 356 g/mol. The maximum absolute atomic E-state index is 12.1. The number of nitrogens with one attached hydrogen (secondary N) is 1. The van der Waals surface area contributed by atoms with Crippen LogP contribution in [0.25, 0.3) is 0 Å². The van der Waals surface area contributed by atoms with E-state index < -0.39 is 12.1 Å². The number of morpholine rings is 1. The minimum Gasteiger partial charge on any atom is -0.386 e. The predicted molar refractivity (Wildman–Crippen MR) is 93.4 cm³/mol. The minimum absolute atomic E-state index is 0.0460. The number of aromatic nitrogens is 2. The molecule has 8 heteroatoms. The van der Waals surface area contributed by atoms with Crippen molar-refractivity contribution in [2.45, 2.75) is 19.1 Å². The number of nitrogens with zero attached hydrogens (tertiary/aromatic N) is 3. The molecule has 0 aliphatic carbocycles. The van der Waals surface area contributed by atoms with Crippen LogP contribution in [0.1, 0.15) is 29.1 Å². The average Bonchev–Trinajstić information content (AvgIpc) is 2.68. The predicted octanol–water partition coefficient (Wildman–Crippen LogP) is 1.01. The highest BCUT2D eigenvalue weighted by molar-refractivity contribution is 6.02. The SMILES string of the molecule is CCN1C(=O)COC[C@@H]1[C@H](O)c1ccc(NC(=O)c2cnccn2)cc1. The number of rotatable bonds is 5. The lowest BCUT2D eigenvalue weighted by atomic mass is 10.00. The van der Waals surface area contributed by atoms with Crippen LogP contribution in [0.15, 0.2) is 42.9 Å². The Hall–Kier alpha value is -2.84. The maximum atomic E-state index is 12.1. The molecule has 136 valence electrons. The Morgan fingerprint density at radius 3 is 2.81 bits per heavy atom. The van der Waals surface area contributed by atoms with Crippen molar-refractivity contribution in [2.75, 3.05) is 25.1 Å². The first-order valence-electron chi connectivity index (χ1n) is 8.32. The van der Waals surface area contributed by atoms with Crippen molar-refractivity contribution in [2.24, 2.45) is 0 Å². The molecular formula is C18H20N4O4. The highest BCUT2D eigenvalue weighted by Crippen LogP contribution is 2.25.